The van der Waals surface area contributed by atoms with Gasteiger partial charge < -0.3 is 4.52 Å². The number of allylic oxidation sites excluding steroid dienone is 1. The number of aromatic amines is 1. The van der Waals surface area contributed by atoms with Crippen LogP contribution in [0.5, 0.6) is 0 Å². The van der Waals surface area contributed by atoms with Crippen molar-refractivity contribution in [1.82, 2.24) is 20.3 Å². The average Bonchev–Trinajstić information content (AvgIpc) is 3.52. The van der Waals surface area contributed by atoms with Crippen molar-refractivity contribution in [3.8, 4) is 0 Å². The van der Waals surface area contributed by atoms with E-state index in [4.69, 9.17) is 4.52 Å². The van der Waals surface area contributed by atoms with Crippen molar-refractivity contribution in [2.45, 2.75) is 19.3 Å². The molecule has 172 valence electrons. The van der Waals surface area contributed by atoms with E-state index in [2.05, 4.69) is 68.9 Å². The molecule has 0 aliphatic heterocycles. The molecule has 0 saturated heterocycles. The van der Waals surface area contributed by atoms with Gasteiger partial charge in [0.25, 0.3) is 0 Å². The molecular formula is C29H23FN4O. The van der Waals surface area contributed by atoms with Crippen LogP contribution in [0, 0.1) is 11.9 Å². The Bertz CT molecular complexity index is 1510. The Morgan fingerprint density at radius 2 is 1.71 bits per heavy atom. The first-order chi connectivity index (χ1) is 17.3. The van der Waals surface area contributed by atoms with Crippen LogP contribution in [-0.4, -0.2) is 20.3 Å². The SMILES string of the molecule is Fc1[nH]nc2ccc(/C(=C(/c3ccccc3)C3CCC3)c3ccc(C=Cc4ncon4)cc3)cc12. The van der Waals surface area contributed by atoms with Gasteiger partial charge in [0.2, 0.25) is 12.3 Å². The fraction of sp³-hybridized carbons (Fsp3) is 0.138. The second kappa shape index (κ2) is 9.14. The number of fused-ring (bicyclic) bond motifs is 1. The number of hydrogen-bond donors (Lipinski definition) is 1. The fourth-order valence-electron chi connectivity index (χ4n) is 4.69. The molecule has 1 fully saturated rings. The highest BCUT2D eigenvalue weighted by molar-refractivity contribution is 6.01. The Morgan fingerprint density at radius 3 is 2.43 bits per heavy atom. The number of H-pyrrole nitrogens is 1. The van der Waals surface area contributed by atoms with Gasteiger partial charge in [-0.3, -0.25) is 5.10 Å². The van der Waals surface area contributed by atoms with Crippen molar-refractivity contribution < 1.29 is 8.91 Å². The van der Waals surface area contributed by atoms with Crippen LogP contribution in [-0.2, 0) is 0 Å². The molecule has 1 aliphatic rings. The van der Waals surface area contributed by atoms with Crippen molar-refractivity contribution in [2.75, 3.05) is 0 Å². The van der Waals surface area contributed by atoms with Crippen molar-refractivity contribution in [2.24, 2.45) is 5.92 Å². The van der Waals surface area contributed by atoms with Gasteiger partial charge in [-0.2, -0.15) is 14.5 Å². The zero-order valence-corrected chi connectivity index (χ0v) is 19.0. The minimum absolute atomic E-state index is 0.409. The first-order valence-corrected chi connectivity index (χ1v) is 11.7. The first kappa shape index (κ1) is 21.2. The van der Waals surface area contributed by atoms with Crippen LogP contribution < -0.4 is 0 Å². The molecule has 0 atom stereocenters. The second-order valence-electron chi connectivity index (χ2n) is 8.80. The lowest BCUT2D eigenvalue weighted by atomic mass is 9.73. The maximum absolute atomic E-state index is 14.4. The van der Waals surface area contributed by atoms with Crippen LogP contribution >= 0.6 is 0 Å². The number of hydrogen-bond acceptors (Lipinski definition) is 4. The van der Waals surface area contributed by atoms with E-state index in [1.165, 1.54) is 24.0 Å². The van der Waals surface area contributed by atoms with Crippen molar-refractivity contribution in [1.29, 1.82) is 0 Å². The molecule has 2 heterocycles. The van der Waals surface area contributed by atoms with Gasteiger partial charge in [-0.15, -0.1) is 0 Å². The third-order valence-electron chi connectivity index (χ3n) is 6.67. The molecule has 6 heteroatoms. The largest absolute Gasteiger partial charge is 0.342 e. The summed E-state index contributed by atoms with van der Waals surface area (Å²) in [6.07, 6.45) is 8.61. The molecule has 6 rings (SSSR count). The van der Waals surface area contributed by atoms with Crippen LogP contribution in [0.15, 0.2) is 83.7 Å². The predicted molar refractivity (Wildman–Crippen MR) is 135 cm³/mol. The molecule has 3 aromatic carbocycles. The van der Waals surface area contributed by atoms with Gasteiger partial charge in [0.15, 0.2) is 5.82 Å². The number of nitrogens with one attached hydrogen (secondary N) is 1. The average molecular weight is 463 g/mol. The van der Waals surface area contributed by atoms with Crippen LogP contribution in [0.25, 0.3) is 34.2 Å². The molecule has 0 bridgehead atoms. The van der Waals surface area contributed by atoms with Crippen molar-refractivity contribution >= 4 is 34.2 Å². The number of nitrogens with zero attached hydrogens (tertiary/aromatic N) is 3. The molecule has 5 aromatic rings. The van der Waals surface area contributed by atoms with E-state index in [-0.39, 0.29) is 0 Å². The number of benzene rings is 3. The highest BCUT2D eigenvalue weighted by Gasteiger charge is 2.27. The lowest BCUT2D eigenvalue weighted by Crippen LogP contribution is -2.15. The molecular weight excluding hydrogens is 439 g/mol. The maximum Gasteiger partial charge on any atom is 0.216 e. The molecule has 35 heavy (non-hydrogen) atoms. The Kier molecular flexibility index (Phi) is 5.54. The van der Waals surface area contributed by atoms with Crippen LogP contribution in [0.3, 0.4) is 0 Å². The molecule has 0 unspecified atom stereocenters. The minimum Gasteiger partial charge on any atom is -0.342 e. The Hall–Kier alpha value is -4.32. The smallest absolute Gasteiger partial charge is 0.216 e. The Balaban J connectivity index is 1.51. The molecule has 5 nitrogen and oxygen atoms in total. The Morgan fingerprint density at radius 1 is 0.914 bits per heavy atom. The quantitative estimate of drug-likeness (QED) is 0.276. The lowest BCUT2D eigenvalue weighted by molar-refractivity contribution is 0.401. The molecule has 1 aliphatic carbocycles. The van der Waals surface area contributed by atoms with E-state index >= 15 is 0 Å². The van der Waals surface area contributed by atoms with E-state index in [9.17, 15) is 4.39 Å². The summed E-state index contributed by atoms with van der Waals surface area (Å²) in [7, 11) is 0. The highest BCUT2D eigenvalue weighted by atomic mass is 19.1. The first-order valence-electron chi connectivity index (χ1n) is 11.7. The van der Waals surface area contributed by atoms with Gasteiger partial charge in [0.05, 0.1) is 10.9 Å². The zero-order chi connectivity index (χ0) is 23.6. The van der Waals surface area contributed by atoms with Crippen LogP contribution in [0.4, 0.5) is 4.39 Å². The number of rotatable bonds is 6. The van der Waals surface area contributed by atoms with E-state index in [0.29, 0.717) is 22.6 Å². The van der Waals surface area contributed by atoms with Gasteiger partial charge in [-0.25, -0.2) is 0 Å². The summed E-state index contributed by atoms with van der Waals surface area (Å²) in [6.45, 7) is 0. The standard InChI is InChI=1S/C29H23FN4O/c30-29-24-17-23(14-15-25(24)32-33-29)28(27(21-7-4-8-21)20-5-2-1-3-6-20)22-12-9-19(10-13-22)11-16-26-31-18-35-34-26/h1-3,5-6,9-18,21H,4,7-8H2,(H,32,33)/b16-11?,28-27-. The second-order valence-corrected chi connectivity index (χ2v) is 8.80. The molecule has 0 spiro atoms. The van der Waals surface area contributed by atoms with E-state index < -0.39 is 5.95 Å². The van der Waals surface area contributed by atoms with Gasteiger partial charge in [0.1, 0.15) is 0 Å². The van der Waals surface area contributed by atoms with E-state index in [0.717, 1.165) is 35.1 Å². The van der Waals surface area contributed by atoms with Crippen molar-refractivity contribution in [3.05, 3.63) is 113 Å². The minimum atomic E-state index is -0.409. The summed E-state index contributed by atoms with van der Waals surface area (Å²) in [5.41, 5.74) is 7.39. The molecule has 1 N–H and O–H groups in total. The summed E-state index contributed by atoms with van der Waals surface area (Å²) in [6, 6.07) is 24.8. The predicted octanol–water partition coefficient (Wildman–Crippen LogP) is 7.01. The van der Waals surface area contributed by atoms with Crippen LogP contribution in [0.1, 0.15) is 47.3 Å². The summed E-state index contributed by atoms with van der Waals surface area (Å²) >= 11 is 0. The maximum atomic E-state index is 14.4. The third kappa shape index (κ3) is 4.19. The molecule has 1 saturated carbocycles. The molecule has 2 aromatic heterocycles. The van der Waals surface area contributed by atoms with E-state index in [1.54, 1.807) is 0 Å². The topological polar surface area (TPSA) is 67.6 Å². The lowest BCUT2D eigenvalue weighted by Gasteiger charge is -2.31. The normalized spacial score (nSPS) is 14.9. The summed E-state index contributed by atoms with van der Waals surface area (Å²) in [5.74, 6) is 0.588. The van der Waals surface area contributed by atoms with Gasteiger partial charge in [-0.1, -0.05) is 78.3 Å². The fourth-order valence-corrected chi connectivity index (χ4v) is 4.69. The van der Waals surface area contributed by atoms with Gasteiger partial charge in [0, 0.05) is 0 Å². The van der Waals surface area contributed by atoms with Crippen LogP contribution in [0.2, 0.25) is 0 Å². The highest BCUT2D eigenvalue weighted by Crippen LogP contribution is 2.45. The summed E-state index contributed by atoms with van der Waals surface area (Å²) in [5, 5.41) is 10.9. The monoisotopic (exact) mass is 462 g/mol. The van der Waals surface area contributed by atoms with Gasteiger partial charge >= 0.3 is 0 Å². The Labute approximate surface area is 202 Å². The van der Waals surface area contributed by atoms with E-state index in [1.807, 2.05) is 36.4 Å². The number of halogens is 1. The third-order valence-corrected chi connectivity index (χ3v) is 6.67. The molecule has 0 radical (unpaired) electrons. The van der Waals surface area contributed by atoms with Crippen molar-refractivity contribution in [3.63, 3.8) is 0 Å². The summed E-state index contributed by atoms with van der Waals surface area (Å²) < 4.78 is 19.2. The van der Waals surface area contributed by atoms with Gasteiger partial charge in [-0.05, 0) is 70.4 Å². The number of aromatic nitrogens is 4. The zero-order valence-electron chi connectivity index (χ0n) is 19.0. The summed E-state index contributed by atoms with van der Waals surface area (Å²) in [4.78, 5) is 4.03. The molecule has 0 amide bonds.